The first-order valence-corrected chi connectivity index (χ1v) is 34.4. The molecule has 78 heavy (non-hydrogen) atoms. The number of esters is 3. The van der Waals surface area contributed by atoms with Gasteiger partial charge in [-0.05, 0) is 102 Å². The molecule has 0 aromatic carbocycles. The van der Waals surface area contributed by atoms with E-state index in [1.807, 2.05) is 6.33 Å². The number of aryl methyl sites for hydroxylation is 2. The average molecular weight is 1100 g/mol. The van der Waals surface area contributed by atoms with E-state index in [1.165, 1.54) is 238 Å². The number of unbranched alkanes of at least 4 members (excludes halogenated alkanes) is 30. The van der Waals surface area contributed by atoms with Crippen molar-refractivity contribution in [3.05, 3.63) is 18.2 Å². The van der Waals surface area contributed by atoms with Crippen LogP contribution in [0.4, 0.5) is 0 Å². The van der Waals surface area contributed by atoms with Crippen LogP contribution in [0.2, 0.25) is 0 Å². The van der Waals surface area contributed by atoms with Crippen LogP contribution in [-0.2, 0) is 35.1 Å². The minimum Gasteiger partial charge on any atom is -0.466 e. The van der Waals surface area contributed by atoms with Crippen LogP contribution in [0.1, 0.15) is 349 Å². The third-order valence-electron chi connectivity index (χ3n) is 16.6. The fourth-order valence-electron chi connectivity index (χ4n) is 11.4. The molecule has 2 atom stereocenters. The SMILES string of the molecule is CCCCCCCCCCOC(=O)CCCCCCCCN(CCCn1cnc(C)c1)C(CCCCCCCCC(=O)OCC(CCCC)CCCCCC)CCCCCCCCC(=O)OCC(CCCC)CCCCCC. The van der Waals surface area contributed by atoms with E-state index in [1.54, 1.807) is 0 Å². The predicted octanol–water partition coefficient (Wildman–Crippen LogP) is 20.5. The number of nitrogens with zero attached hydrogens (tertiary/aromatic N) is 3. The van der Waals surface area contributed by atoms with Crippen molar-refractivity contribution >= 4 is 17.9 Å². The predicted molar refractivity (Wildman–Crippen MR) is 332 cm³/mol. The van der Waals surface area contributed by atoms with Gasteiger partial charge < -0.3 is 23.7 Å². The van der Waals surface area contributed by atoms with Gasteiger partial charge in [0.1, 0.15) is 0 Å². The van der Waals surface area contributed by atoms with Crippen molar-refractivity contribution in [3.63, 3.8) is 0 Å². The fourth-order valence-corrected chi connectivity index (χ4v) is 11.4. The zero-order valence-electron chi connectivity index (χ0n) is 52.9. The van der Waals surface area contributed by atoms with Crippen LogP contribution in [0.25, 0.3) is 0 Å². The quantitative estimate of drug-likeness (QED) is 0.0361. The van der Waals surface area contributed by atoms with Gasteiger partial charge >= 0.3 is 17.9 Å². The highest BCUT2D eigenvalue weighted by Crippen LogP contribution is 2.24. The fraction of sp³-hybridized carbons (Fsp3) is 0.913. The lowest BCUT2D eigenvalue weighted by Gasteiger charge is -2.32. The molecule has 1 rings (SSSR count). The van der Waals surface area contributed by atoms with Crippen LogP contribution in [0.3, 0.4) is 0 Å². The number of ether oxygens (including phenoxy) is 3. The first-order chi connectivity index (χ1) is 38.3. The Hall–Kier alpha value is -2.42. The zero-order chi connectivity index (χ0) is 56.6. The largest absolute Gasteiger partial charge is 0.466 e. The van der Waals surface area contributed by atoms with E-state index in [2.05, 4.69) is 62.2 Å². The van der Waals surface area contributed by atoms with E-state index < -0.39 is 0 Å². The Morgan fingerprint density at radius 3 is 1.19 bits per heavy atom. The Labute approximate surface area is 484 Å². The highest BCUT2D eigenvalue weighted by atomic mass is 16.5. The molecule has 0 aliphatic carbocycles. The maximum absolute atomic E-state index is 12.7. The molecular formula is C69H131N3O6. The van der Waals surface area contributed by atoms with Crippen molar-refractivity contribution in [2.24, 2.45) is 11.8 Å². The lowest BCUT2D eigenvalue weighted by molar-refractivity contribution is -0.146. The zero-order valence-corrected chi connectivity index (χ0v) is 52.9. The summed E-state index contributed by atoms with van der Waals surface area (Å²) >= 11 is 0. The molecule has 1 aromatic rings. The van der Waals surface area contributed by atoms with Crippen molar-refractivity contribution in [2.75, 3.05) is 32.9 Å². The standard InChI is InChI=1S/C69H131N3O6/c1-7-12-17-20-21-28-35-44-58-76-67(73)52-40-33-26-27-34-43-56-72(57-45-55-71-59-63(6)70-62-71)66(50-38-29-22-24-31-41-53-68(74)77-60-64(46-15-10-4)48-36-18-13-8-2)51-39-30-23-25-32-42-54-69(75)78-61-65(47-16-11-5)49-37-19-14-9-3/h59,62,64-66H,7-58,60-61H2,1-6H3. The second-order valence-corrected chi connectivity index (χ2v) is 24.3. The number of aromatic nitrogens is 2. The summed E-state index contributed by atoms with van der Waals surface area (Å²) < 4.78 is 19.5. The second-order valence-electron chi connectivity index (χ2n) is 24.3. The molecule has 1 heterocycles. The van der Waals surface area contributed by atoms with E-state index in [4.69, 9.17) is 14.2 Å². The van der Waals surface area contributed by atoms with Gasteiger partial charge in [0, 0.05) is 44.6 Å². The van der Waals surface area contributed by atoms with Crippen molar-refractivity contribution in [3.8, 4) is 0 Å². The van der Waals surface area contributed by atoms with Gasteiger partial charge in [0.05, 0.1) is 31.8 Å². The topological polar surface area (TPSA) is 100.0 Å². The minimum absolute atomic E-state index is 0.00660. The van der Waals surface area contributed by atoms with Gasteiger partial charge in [-0.15, -0.1) is 0 Å². The van der Waals surface area contributed by atoms with Gasteiger partial charge in [0.15, 0.2) is 0 Å². The Bertz CT molecular complexity index is 1390. The van der Waals surface area contributed by atoms with Crippen LogP contribution in [0.5, 0.6) is 0 Å². The van der Waals surface area contributed by atoms with Crippen molar-refractivity contribution in [1.82, 2.24) is 14.5 Å². The number of carbonyl (C=O) groups is 3. The number of imidazole rings is 1. The summed E-state index contributed by atoms with van der Waals surface area (Å²) in [6.45, 7) is 18.5. The molecule has 0 spiro atoms. The van der Waals surface area contributed by atoms with Crippen molar-refractivity contribution in [2.45, 2.75) is 362 Å². The normalized spacial score (nSPS) is 12.8. The van der Waals surface area contributed by atoms with Crippen LogP contribution in [0, 0.1) is 18.8 Å². The summed E-state index contributed by atoms with van der Waals surface area (Å²) in [6.07, 6.45) is 60.3. The van der Waals surface area contributed by atoms with E-state index >= 15 is 0 Å². The molecule has 0 saturated heterocycles. The first kappa shape index (κ1) is 73.6. The first-order valence-electron chi connectivity index (χ1n) is 34.4. The summed E-state index contributed by atoms with van der Waals surface area (Å²) in [7, 11) is 0. The van der Waals surface area contributed by atoms with E-state index in [9.17, 15) is 14.4 Å². The van der Waals surface area contributed by atoms with Crippen LogP contribution in [-0.4, -0.2) is 71.3 Å². The summed E-state index contributed by atoms with van der Waals surface area (Å²) in [5.41, 5.74) is 1.08. The molecule has 0 saturated carbocycles. The minimum atomic E-state index is -0.0104. The second kappa shape index (κ2) is 56.4. The van der Waals surface area contributed by atoms with Gasteiger partial charge in [-0.2, -0.15) is 0 Å². The van der Waals surface area contributed by atoms with E-state index in [0.717, 1.165) is 76.7 Å². The average Bonchev–Trinajstić information content (AvgIpc) is 3.86. The van der Waals surface area contributed by atoms with Crippen LogP contribution in [0.15, 0.2) is 12.5 Å². The van der Waals surface area contributed by atoms with E-state index in [0.29, 0.717) is 57.0 Å². The molecule has 0 N–H and O–H groups in total. The molecule has 2 unspecified atom stereocenters. The van der Waals surface area contributed by atoms with Gasteiger partial charge in [-0.1, -0.05) is 247 Å². The molecule has 9 nitrogen and oxygen atoms in total. The maximum Gasteiger partial charge on any atom is 0.305 e. The Balaban J connectivity index is 2.69. The highest BCUT2D eigenvalue weighted by Gasteiger charge is 2.19. The Morgan fingerprint density at radius 2 is 0.756 bits per heavy atom. The molecular weight excluding hydrogens is 967 g/mol. The highest BCUT2D eigenvalue weighted by molar-refractivity contribution is 5.69. The number of hydrogen-bond donors (Lipinski definition) is 0. The summed E-state index contributed by atoms with van der Waals surface area (Å²) in [4.78, 5) is 45.2. The molecule has 0 fully saturated rings. The molecule has 0 bridgehead atoms. The van der Waals surface area contributed by atoms with E-state index in [-0.39, 0.29) is 17.9 Å². The lowest BCUT2D eigenvalue weighted by Crippen LogP contribution is -2.37. The molecule has 0 aliphatic rings. The summed E-state index contributed by atoms with van der Waals surface area (Å²) in [5.74, 6) is 1.05. The maximum atomic E-state index is 12.7. The Morgan fingerprint density at radius 1 is 0.410 bits per heavy atom. The molecule has 9 heteroatoms. The third-order valence-corrected chi connectivity index (χ3v) is 16.6. The van der Waals surface area contributed by atoms with Gasteiger partial charge in [0.2, 0.25) is 0 Å². The number of carbonyl (C=O) groups excluding carboxylic acids is 3. The molecule has 458 valence electrons. The molecule has 1 aromatic heterocycles. The molecule has 0 amide bonds. The van der Waals surface area contributed by atoms with Gasteiger partial charge in [0.25, 0.3) is 0 Å². The summed E-state index contributed by atoms with van der Waals surface area (Å²) in [6, 6.07) is 0.594. The van der Waals surface area contributed by atoms with Crippen LogP contribution >= 0.6 is 0 Å². The molecule has 0 aliphatic heterocycles. The van der Waals surface area contributed by atoms with Crippen LogP contribution < -0.4 is 0 Å². The molecule has 0 radical (unpaired) electrons. The lowest BCUT2D eigenvalue weighted by atomic mass is 9.96. The monoisotopic (exact) mass is 1100 g/mol. The van der Waals surface area contributed by atoms with Crippen molar-refractivity contribution < 1.29 is 28.6 Å². The third kappa shape index (κ3) is 47.2. The smallest absolute Gasteiger partial charge is 0.305 e. The number of rotatable bonds is 61. The van der Waals surface area contributed by atoms with Gasteiger partial charge in [-0.3, -0.25) is 14.4 Å². The van der Waals surface area contributed by atoms with Crippen molar-refractivity contribution in [1.29, 1.82) is 0 Å². The number of hydrogen-bond acceptors (Lipinski definition) is 8. The summed E-state index contributed by atoms with van der Waals surface area (Å²) in [5, 5.41) is 0. The Kier molecular flexibility index (Phi) is 53.3. The van der Waals surface area contributed by atoms with Gasteiger partial charge in [-0.25, -0.2) is 4.98 Å².